The van der Waals surface area contributed by atoms with E-state index >= 15 is 0 Å². The predicted octanol–water partition coefficient (Wildman–Crippen LogP) is 4.19. The van der Waals surface area contributed by atoms with Gasteiger partial charge in [-0.2, -0.15) is 0 Å². The number of para-hydroxylation sites is 1. The molecule has 0 N–H and O–H groups in total. The van der Waals surface area contributed by atoms with Crippen LogP contribution in [0.4, 0.5) is 5.69 Å². The van der Waals surface area contributed by atoms with Crippen molar-refractivity contribution >= 4 is 35.1 Å². The van der Waals surface area contributed by atoms with E-state index in [1.54, 1.807) is 23.5 Å². The summed E-state index contributed by atoms with van der Waals surface area (Å²) >= 11 is 3.42. The van der Waals surface area contributed by atoms with E-state index in [0.717, 1.165) is 5.69 Å². The largest absolute Gasteiger partial charge is 0.295 e. The van der Waals surface area contributed by atoms with Crippen molar-refractivity contribution in [3.05, 3.63) is 60.2 Å². The van der Waals surface area contributed by atoms with Crippen LogP contribution < -0.4 is 4.90 Å². The number of thioether (sulfide) groups is 2. The summed E-state index contributed by atoms with van der Waals surface area (Å²) in [6.45, 7) is 0. The van der Waals surface area contributed by atoms with Crippen LogP contribution in [-0.2, 0) is 4.79 Å². The minimum absolute atomic E-state index is 0.0841. The molecule has 2 aromatic carbocycles. The van der Waals surface area contributed by atoms with Gasteiger partial charge in [-0.3, -0.25) is 9.69 Å². The molecule has 102 valence electrons. The molecule has 1 unspecified atom stereocenters. The lowest BCUT2D eigenvalue weighted by molar-refractivity contribution is -0.115. The van der Waals surface area contributed by atoms with E-state index < -0.39 is 0 Å². The van der Waals surface area contributed by atoms with Crippen molar-refractivity contribution in [3.63, 3.8) is 0 Å². The van der Waals surface area contributed by atoms with Crippen molar-refractivity contribution in [2.75, 3.05) is 16.9 Å². The summed E-state index contributed by atoms with van der Waals surface area (Å²) in [7, 11) is 0. The Bertz CT molecular complexity index is 598. The summed E-state index contributed by atoms with van der Waals surface area (Å²) < 4.78 is 0. The number of carbonyl (C=O) groups excluding carboxylic acids is 1. The third-order valence-electron chi connectivity index (χ3n) is 3.30. The first kappa shape index (κ1) is 13.6. The summed E-state index contributed by atoms with van der Waals surface area (Å²) in [6, 6.07) is 18.4. The molecule has 1 aliphatic heterocycles. The Morgan fingerprint density at radius 2 is 1.80 bits per heavy atom. The Labute approximate surface area is 127 Å². The van der Waals surface area contributed by atoms with E-state index in [2.05, 4.69) is 30.5 Å². The zero-order valence-corrected chi connectivity index (χ0v) is 12.8. The third kappa shape index (κ3) is 2.58. The Balaban J connectivity index is 1.93. The van der Waals surface area contributed by atoms with E-state index in [1.165, 1.54) is 10.5 Å². The zero-order valence-electron chi connectivity index (χ0n) is 11.2. The second kappa shape index (κ2) is 5.94. The van der Waals surface area contributed by atoms with Crippen LogP contribution in [0.25, 0.3) is 0 Å². The Hall–Kier alpha value is -1.39. The van der Waals surface area contributed by atoms with Gasteiger partial charge in [0, 0.05) is 10.6 Å². The van der Waals surface area contributed by atoms with Gasteiger partial charge in [0.1, 0.15) is 5.37 Å². The maximum atomic E-state index is 12.2. The smallest absolute Gasteiger partial charge is 0.238 e. The Morgan fingerprint density at radius 3 is 2.45 bits per heavy atom. The maximum Gasteiger partial charge on any atom is 0.238 e. The van der Waals surface area contributed by atoms with E-state index in [1.807, 2.05) is 35.2 Å². The summed E-state index contributed by atoms with van der Waals surface area (Å²) in [5, 5.41) is 0.0841. The number of amides is 1. The highest BCUT2D eigenvalue weighted by Gasteiger charge is 2.33. The molecule has 3 rings (SSSR count). The second-order valence-electron chi connectivity index (χ2n) is 4.54. The molecule has 0 spiro atoms. The van der Waals surface area contributed by atoms with Crippen LogP contribution in [0.15, 0.2) is 59.5 Å². The number of nitrogens with zero attached hydrogens (tertiary/aromatic N) is 1. The average molecular weight is 301 g/mol. The van der Waals surface area contributed by atoms with E-state index in [9.17, 15) is 4.79 Å². The molecular formula is C16H15NOS2. The molecule has 2 aromatic rings. The van der Waals surface area contributed by atoms with Crippen molar-refractivity contribution in [3.8, 4) is 0 Å². The first-order valence-corrected chi connectivity index (χ1v) is 8.69. The average Bonchev–Trinajstić information content (AvgIpc) is 2.90. The van der Waals surface area contributed by atoms with Gasteiger partial charge in [-0.25, -0.2) is 0 Å². The minimum Gasteiger partial charge on any atom is -0.295 e. The van der Waals surface area contributed by atoms with Crippen LogP contribution in [-0.4, -0.2) is 17.9 Å². The van der Waals surface area contributed by atoms with Gasteiger partial charge in [0.05, 0.1) is 5.75 Å². The van der Waals surface area contributed by atoms with Gasteiger partial charge in [0.2, 0.25) is 5.91 Å². The maximum absolute atomic E-state index is 12.2. The minimum atomic E-state index is 0.0841. The molecule has 1 heterocycles. The summed E-state index contributed by atoms with van der Waals surface area (Å²) in [6.07, 6.45) is 2.07. The van der Waals surface area contributed by atoms with Gasteiger partial charge >= 0.3 is 0 Å². The van der Waals surface area contributed by atoms with Crippen molar-refractivity contribution in [1.82, 2.24) is 0 Å². The third-order valence-corrected chi connectivity index (χ3v) is 5.26. The Morgan fingerprint density at radius 1 is 1.10 bits per heavy atom. The van der Waals surface area contributed by atoms with Gasteiger partial charge in [-0.1, -0.05) is 30.3 Å². The molecule has 1 amide bonds. The van der Waals surface area contributed by atoms with Crippen LogP contribution >= 0.6 is 23.5 Å². The van der Waals surface area contributed by atoms with Crippen molar-refractivity contribution in [2.45, 2.75) is 10.3 Å². The lowest BCUT2D eigenvalue weighted by atomic mass is 10.2. The number of hydrogen-bond donors (Lipinski definition) is 0. The van der Waals surface area contributed by atoms with E-state index in [4.69, 9.17) is 0 Å². The van der Waals surface area contributed by atoms with Gasteiger partial charge in [0.15, 0.2) is 0 Å². The van der Waals surface area contributed by atoms with Gasteiger partial charge in [0.25, 0.3) is 0 Å². The molecule has 0 radical (unpaired) electrons. The Kier molecular flexibility index (Phi) is 4.03. The molecule has 1 fully saturated rings. The molecule has 0 aromatic heterocycles. The standard InChI is InChI=1S/C16H15NOS2/c1-19-14-9-7-12(8-10-14)16-17(15(18)11-20-16)13-5-3-2-4-6-13/h2-10,16H,11H2,1H3. The number of hydrogen-bond acceptors (Lipinski definition) is 3. The fraction of sp³-hybridized carbons (Fsp3) is 0.188. The first-order chi connectivity index (χ1) is 9.79. The summed E-state index contributed by atoms with van der Waals surface area (Å²) in [5.41, 5.74) is 2.16. The van der Waals surface area contributed by atoms with Crippen LogP contribution in [0.1, 0.15) is 10.9 Å². The highest BCUT2D eigenvalue weighted by Crippen LogP contribution is 2.41. The van der Waals surface area contributed by atoms with Crippen LogP contribution in [0.5, 0.6) is 0 Å². The molecule has 1 aliphatic rings. The molecule has 0 bridgehead atoms. The van der Waals surface area contributed by atoms with Gasteiger partial charge in [-0.05, 0) is 36.1 Å². The monoisotopic (exact) mass is 301 g/mol. The zero-order chi connectivity index (χ0) is 13.9. The lowest BCUT2D eigenvalue weighted by Gasteiger charge is -2.24. The van der Waals surface area contributed by atoms with E-state index in [0.29, 0.717) is 5.75 Å². The molecule has 4 heteroatoms. The highest BCUT2D eigenvalue weighted by atomic mass is 32.2. The van der Waals surface area contributed by atoms with Crippen LogP contribution in [0.2, 0.25) is 0 Å². The number of rotatable bonds is 3. The first-order valence-electron chi connectivity index (χ1n) is 6.42. The highest BCUT2D eigenvalue weighted by molar-refractivity contribution is 8.00. The number of anilines is 1. The molecule has 0 saturated carbocycles. The quantitative estimate of drug-likeness (QED) is 0.793. The van der Waals surface area contributed by atoms with Crippen LogP contribution in [0.3, 0.4) is 0 Å². The van der Waals surface area contributed by atoms with Crippen molar-refractivity contribution in [2.24, 2.45) is 0 Å². The fourth-order valence-electron chi connectivity index (χ4n) is 2.31. The normalized spacial score (nSPS) is 18.6. The van der Waals surface area contributed by atoms with Crippen LogP contribution in [0, 0.1) is 0 Å². The molecule has 20 heavy (non-hydrogen) atoms. The van der Waals surface area contributed by atoms with Crippen molar-refractivity contribution < 1.29 is 4.79 Å². The number of benzene rings is 2. The SMILES string of the molecule is CSc1ccc(C2SCC(=O)N2c2ccccc2)cc1. The van der Waals surface area contributed by atoms with Gasteiger partial charge in [-0.15, -0.1) is 23.5 Å². The number of carbonyl (C=O) groups is 1. The molecule has 2 nitrogen and oxygen atoms in total. The molecule has 1 saturated heterocycles. The fourth-order valence-corrected chi connectivity index (χ4v) is 3.89. The summed E-state index contributed by atoms with van der Waals surface area (Å²) in [4.78, 5) is 15.3. The molecule has 0 aliphatic carbocycles. The topological polar surface area (TPSA) is 20.3 Å². The van der Waals surface area contributed by atoms with Gasteiger partial charge < -0.3 is 0 Å². The van der Waals surface area contributed by atoms with E-state index in [-0.39, 0.29) is 11.3 Å². The molecule has 1 atom stereocenters. The lowest BCUT2D eigenvalue weighted by Crippen LogP contribution is -2.27. The van der Waals surface area contributed by atoms with Crippen molar-refractivity contribution in [1.29, 1.82) is 0 Å². The predicted molar refractivity (Wildman–Crippen MR) is 87.4 cm³/mol. The molecular weight excluding hydrogens is 286 g/mol. The second-order valence-corrected chi connectivity index (χ2v) is 6.48. The summed E-state index contributed by atoms with van der Waals surface area (Å²) in [5.74, 6) is 0.726.